The normalized spacial score (nSPS) is 22.2. The Morgan fingerprint density at radius 3 is 2.68 bits per heavy atom. The minimum absolute atomic E-state index is 0.0466. The summed E-state index contributed by atoms with van der Waals surface area (Å²) in [6.07, 6.45) is 1.60. The third kappa shape index (κ3) is 3.23. The van der Waals surface area contributed by atoms with Crippen molar-refractivity contribution in [2.45, 2.75) is 25.3 Å². The molecular weight excluding hydrogens is 273 g/mol. The van der Waals surface area contributed by atoms with E-state index in [4.69, 9.17) is 16.7 Å². The summed E-state index contributed by atoms with van der Waals surface area (Å²) in [5.41, 5.74) is 0.196. The molecule has 1 amide bonds. The average Bonchev–Trinajstić information content (AvgIpc) is 2.77. The van der Waals surface area contributed by atoms with Crippen molar-refractivity contribution in [3.05, 3.63) is 34.6 Å². The highest BCUT2D eigenvalue weighted by Gasteiger charge is 2.30. The number of benzene rings is 1. The number of carboxylic acid groups (broad SMARTS) is 1. The van der Waals surface area contributed by atoms with E-state index in [0.717, 1.165) is 12.1 Å². The molecule has 2 rings (SSSR count). The van der Waals surface area contributed by atoms with Gasteiger partial charge in [-0.15, -0.1) is 0 Å². The maximum atomic E-state index is 12.9. The van der Waals surface area contributed by atoms with Crippen LogP contribution < -0.4 is 5.32 Å². The maximum Gasteiger partial charge on any atom is 0.306 e. The highest BCUT2D eigenvalue weighted by atomic mass is 35.5. The van der Waals surface area contributed by atoms with Crippen LogP contribution in [0.25, 0.3) is 0 Å². The Bertz CT molecular complexity index is 521. The zero-order chi connectivity index (χ0) is 14.0. The van der Waals surface area contributed by atoms with E-state index >= 15 is 0 Å². The van der Waals surface area contributed by atoms with Crippen molar-refractivity contribution in [3.63, 3.8) is 0 Å². The van der Waals surface area contributed by atoms with E-state index in [2.05, 4.69) is 5.32 Å². The molecule has 4 nitrogen and oxygen atoms in total. The Hall–Kier alpha value is -1.62. The molecule has 2 atom stereocenters. The lowest BCUT2D eigenvalue weighted by molar-refractivity contribution is -0.141. The molecule has 1 aliphatic rings. The average molecular weight is 286 g/mol. The number of amides is 1. The molecule has 1 aromatic rings. The number of carboxylic acids is 1. The van der Waals surface area contributed by atoms with Crippen LogP contribution in [-0.2, 0) is 4.79 Å². The Morgan fingerprint density at radius 1 is 1.37 bits per heavy atom. The van der Waals surface area contributed by atoms with Gasteiger partial charge in [0.05, 0.1) is 16.5 Å². The first-order valence-electron chi connectivity index (χ1n) is 5.96. The van der Waals surface area contributed by atoms with Gasteiger partial charge in [-0.3, -0.25) is 9.59 Å². The molecule has 2 unspecified atom stereocenters. The van der Waals surface area contributed by atoms with Crippen molar-refractivity contribution in [2.75, 3.05) is 0 Å². The van der Waals surface area contributed by atoms with Crippen molar-refractivity contribution in [2.24, 2.45) is 5.92 Å². The molecule has 0 aromatic heterocycles. The minimum Gasteiger partial charge on any atom is -0.481 e. The lowest BCUT2D eigenvalue weighted by Gasteiger charge is -2.13. The molecule has 102 valence electrons. The Morgan fingerprint density at radius 2 is 2.11 bits per heavy atom. The number of rotatable bonds is 3. The predicted molar refractivity (Wildman–Crippen MR) is 67.6 cm³/mol. The smallest absolute Gasteiger partial charge is 0.306 e. The number of hydrogen-bond acceptors (Lipinski definition) is 2. The summed E-state index contributed by atoms with van der Waals surface area (Å²) in [5, 5.41) is 11.7. The molecule has 0 heterocycles. The largest absolute Gasteiger partial charge is 0.481 e. The van der Waals surface area contributed by atoms with E-state index in [1.165, 1.54) is 6.07 Å². The van der Waals surface area contributed by atoms with Crippen LogP contribution >= 0.6 is 11.6 Å². The molecule has 0 saturated heterocycles. The molecule has 19 heavy (non-hydrogen) atoms. The van der Waals surface area contributed by atoms with Gasteiger partial charge in [0.2, 0.25) is 0 Å². The Labute approximate surface area is 114 Å². The first kappa shape index (κ1) is 13.8. The van der Waals surface area contributed by atoms with Gasteiger partial charge in [0.15, 0.2) is 0 Å². The molecule has 2 N–H and O–H groups in total. The summed E-state index contributed by atoms with van der Waals surface area (Å²) >= 11 is 5.79. The van der Waals surface area contributed by atoms with Crippen LogP contribution in [0.2, 0.25) is 5.02 Å². The minimum atomic E-state index is -0.837. The van der Waals surface area contributed by atoms with E-state index in [1.807, 2.05) is 0 Å². The van der Waals surface area contributed by atoms with Crippen molar-refractivity contribution in [1.82, 2.24) is 5.32 Å². The second-order valence-electron chi connectivity index (χ2n) is 4.64. The van der Waals surface area contributed by atoms with Crippen LogP contribution in [0.4, 0.5) is 4.39 Å². The van der Waals surface area contributed by atoms with Gasteiger partial charge in [0, 0.05) is 6.04 Å². The quantitative estimate of drug-likeness (QED) is 0.896. The van der Waals surface area contributed by atoms with Crippen molar-refractivity contribution in [3.8, 4) is 0 Å². The Balaban J connectivity index is 2.00. The fourth-order valence-corrected chi connectivity index (χ4v) is 2.53. The fourth-order valence-electron chi connectivity index (χ4n) is 2.27. The lowest BCUT2D eigenvalue weighted by atomic mass is 10.1. The van der Waals surface area contributed by atoms with Crippen LogP contribution in [0.1, 0.15) is 29.6 Å². The summed E-state index contributed by atoms with van der Waals surface area (Å²) in [4.78, 5) is 22.8. The summed E-state index contributed by atoms with van der Waals surface area (Å²) < 4.78 is 12.9. The molecule has 0 spiro atoms. The molecule has 0 bridgehead atoms. The van der Waals surface area contributed by atoms with Crippen molar-refractivity contribution in [1.29, 1.82) is 0 Å². The van der Waals surface area contributed by atoms with Crippen LogP contribution in [0.5, 0.6) is 0 Å². The number of hydrogen-bond donors (Lipinski definition) is 2. The van der Waals surface area contributed by atoms with Crippen LogP contribution in [0, 0.1) is 11.7 Å². The van der Waals surface area contributed by atoms with Gasteiger partial charge in [-0.2, -0.15) is 0 Å². The summed E-state index contributed by atoms with van der Waals surface area (Å²) in [5.74, 6) is -2.15. The van der Waals surface area contributed by atoms with Crippen LogP contribution in [0.15, 0.2) is 18.2 Å². The van der Waals surface area contributed by atoms with Crippen molar-refractivity contribution < 1.29 is 19.1 Å². The maximum absolute atomic E-state index is 12.9. The second kappa shape index (κ2) is 5.57. The zero-order valence-electron chi connectivity index (χ0n) is 10.0. The van der Waals surface area contributed by atoms with Crippen molar-refractivity contribution >= 4 is 23.5 Å². The molecule has 1 aliphatic carbocycles. The monoisotopic (exact) mass is 285 g/mol. The summed E-state index contributed by atoms with van der Waals surface area (Å²) in [6, 6.07) is 3.38. The molecule has 0 radical (unpaired) electrons. The highest BCUT2D eigenvalue weighted by molar-refractivity contribution is 6.33. The standard InChI is InChI=1S/C13H13ClFNO3/c14-11-6-8(15)2-4-10(11)12(17)16-9-3-1-7(5-9)13(18)19/h2,4,6-7,9H,1,3,5H2,(H,16,17)(H,18,19). The number of carbonyl (C=O) groups excluding carboxylic acids is 1. The Kier molecular flexibility index (Phi) is 4.04. The van der Waals surface area contributed by atoms with Gasteiger partial charge in [-0.1, -0.05) is 11.6 Å². The molecular formula is C13H13ClFNO3. The molecule has 0 aliphatic heterocycles. The van der Waals surface area contributed by atoms with E-state index in [0.29, 0.717) is 19.3 Å². The summed E-state index contributed by atoms with van der Waals surface area (Å²) in [6.45, 7) is 0. The van der Waals surface area contributed by atoms with Gasteiger partial charge in [0.25, 0.3) is 5.91 Å². The lowest BCUT2D eigenvalue weighted by Crippen LogP contribution is -2.33. The van der Waals surface area contributed by atoms with Gasteiger partial charge in [0.1, 0.15) is 5.82 Å². The molecule has 1 saturated carbocycles. The van der Waals surface area contributed by atoms with Gasteiger partial charge in [-0.25, -0.2) is 4.39 Å². The number of carbonyl (C=O) groups is 2. The number of aliphatic carboxylic acids is 1. The fraction of sp³-hybridized carbons (Fsp3) is 0.385. The van der Waals surface area contributed by atoms with Crippen LogP contribution in [-0.4, -0.2) is 23.0 Å². The first-order valence-corrected chi connectivity index (χ1v) is 6.34. The topological polar surface area (TPSA) is 66.4 Å². The van der Waals surface area contributed by atoms with Gasteiger partial charge < -0.3 is 10.4 Å². The van der Waals surface area contributed by atoms with Crippen LogP contribution in [0.3, 0.4) is 0 Å². The zero-order valence-corrected chi connectivity index (χ0v) is 10.8. The molecule has 1 aromatic carbocycles. The van der Waals surface area contributed by atoms with E-state index in [-0.39, 0.29) is 16.6 Å². The number of halogens is 2. The third-order valence-electron chi connectivity index (χ3n) is 3.29. The SMILES string of the molecule is O=C(NC1CCC(C(=O)O)C1)c1ccc(F)cc1Cl. The number of nitrogens with one attached hydrogen (secondary N) is 1. The van der Waals surface area contributed by atoms with E-state index in [9.17, 15) is 14.0 Å². The second-order valence-corrected chi connectivity index (χ2v) is 5.05. The van der Waals surface area contributed by atoms with E-state index in [1.54, 1.807) is 0 Å². The van der Waals surface area contributed by atoms with Gasteiger partial charge in [-0.05, 0) is 37.5 Å². The first-order chi connectivity index (χ1) is 8.97. The third-order valence-corrected chi connectivity index (χ3v) is 3.61. The molecule has 6 heteroatoms. The van der Waals surface area contributed by atoms with E-state index < -0.39 is 23.6 Å². The summed E-state index contributed by atoms with van der Waals surface area (Å²) in [7, 11) is 0. The molecule has 1 fully saturated rings. The highest BCUT2D eigenvalue weighted by Crippen LogP contribution is 2.26. The predicted octanol–water partition coefficient (Wildman–Crippen LogP) is 2.46. The van der Waals surface area contributed by atoms with Gasteiger partial charge >= 0.3 is 5.97 Å².